The highest BCUT2D eigenvalue weighted by atomic mass is 16.2. The summed E-state index contributed by atoms with van der Waals surface area (Å²) in [5.74, 6) is 0.713. The molecule has 0 aliphatic heterocycles. The molecule has 1 N–H and O–H groups in total. The summed E-state index contributed by atoms with van der Waals surface area (Å²) in [6.07, 6.45) is 3.67. The smallest absolute Gasteiger partial charge is 0.259 e. The van der Waals surface area contributed by atoms with E-state index >= 15 is 0 Å². The minimum absolute atomic E-state index is 0.0355. The van der Waals surface area contributed by atoms with Crippen LogP contribution in [-0.4, -0.2) is 20.6 Å². The third-order valence-electron chi connectivity index (χ3n) is 5.98. The van der Waals surface area contributed by atoms with E-state index in [-0.39, 0.29) is 11.9 Å². The van der Waals surface area contributed by atoms with E-state index in [0.29, 0.717) is 18.7 Å². The number of hydrogen-bond acceptors (Lipinski definition) is 3. The molecule has 0 bridgehead atoms. The molecule has 4 rings (SSSR count). The van der Waals surface area contributed by atoms with Gasteiger partial charge in [-0.1, -0.05) is 104 Å². The van der Waals surface area contributed by atoms with Crippen molar-refractivity contribution in [2.75, 3.05) is 5.32 Å². The van der Waals surface area contributed by atoms with E-state index in [1.165, 1.54) is 5.56 Å². The van der Waals surface area contributed by atoms with Gasteiger partial charge in [0.1, 0.15) is 11.4 Å². The van der Waals surface area contributed by atoms with Gasteiger partial charge in [-0.15, -0.1) is 0 Å². The first kappa shape index (κ1) is 23.3. The Morgan fingerprint density at radius 1 is 0.882 bits per heavy atom. The van der Waals surface area contributed by atoms with Crippen LogP contribution in [0.25, 0.3) is 0 Å². The molecule has 1 unspecified atom stereocenters. The van der Waals surface area contributed by atoms with Gasteiger partial charge in [-0.25, -0.2) is 0 Å². The predicted octanol–water partition coefficient (Wildman–Crippen LogP) is 6.22. The maximum absolute atomic E-state index is 13.9. The van der Waals surface area contributed by atoms with Crippen LogP contribution < -0.4 is 5.32 Å². The summed E-state index contributed by atoms with van der Waals surface area (Å²) < 4.78 is 1.77. The van der Waals surface area contributed by atoms with Crippen LogP contribution in [0.5, 0.6) is 0 Å². The fourth-order valence-electron chi connectivity index (χ4n) is 4.20. The summed E-state index contributed by atoms with van der Waals surface area (Å²) in [5.41, 5.74) is 3.98. The highest BCUT2D eigenvalue weighted by molar-refractivity contribution is 5.98. The molecule has 34 heavy (non-hydrogen) atoms. The minimum atomic E-state index is -0.0355. The van der Waals surface area contributed by atoms with Crippen LogP contribution in [-0.2, 0) is 20.1 Å². The molecule has 0 saturated heterocycles. The first-order valence-corrected chi connectivity index (χ1v) is 11.9. The number of benzene rings is 3. The Morgan fingerprint density at radius 2 is 1.41 bits per heavy atom. The molecule has 0 aliphatic carbocycles. The average molecular weight is 453 g/mol. The van der Waals surface area contributed by atoms with Gasteiger partial charge in [0.05, 0.1) is 12.2 Å². The molecule has 5 nitrogen and oxygen atoms in total. The van der Waals surface area contributed by atoms with Gasteiger partial charge in [0, 0.05) is 20.1 Å². The maximum Gasteiger partial charge on any atom is 0.259 e. The largest absolute Gasteiger partial charge is 0.363 e. The first-order chi connectivity index (χ1) is 16.7. The Hall–Kier alpha value is -3.86. The van der Waals surface area contributed by atoms with Crippen molar-refractivity contribution < 1.29 is 4.79 Å². The van der Waals surface area contributed by atoms with Crippen molar-refractivity contribution in [1.29, 1.82) is 0 Å². The molecule has 3 aromatic carbocycles. The molecule has 174 valence electrons. The van der Waals surface area contributed by atoms with Gasteiger partial charge < -0.3 is 10.2 Å². The van der Waals surface area contributed by atoms with Crippen LogP contribution in [0.15, 0.2) is 97.2 Å². The van der Waals surface area contributed by atoms with Crippen molar-refractivity contribution in [3.8, 4) is 0 Å². The van der Waals surface area contributed by atoms with Crippen LogP contribution in [0.4, 0.5) is 5.82 Å². The predicted molar refractivity (Wildman–Crippen MR) is 137 cm³/mol. The Labute approximate surface area is 202 Å². The molecule has 5 heteroatoms. The van der Waals surface area contributed by atoms with Gasteiger partial charge in [0.2, 0.25) is 0 Å². The number of hydrogen-bond donors (Lipinski definition) is 1. The van der Waals surface area contributed by atoms with E-state index in [1.54, 1.807) is 10.9 Å². The fourth-order valence-corrected chi connectivity index (χ4v) is 4.20. The lowest BCUT2D eigenvalue weighted by molar-refractivity contribution is 0.0731. The number of nitrogens with one attached hydrogen (secondary N) is 1. The number of carbonyl (C=O) groups is 1. The molecule has 1 heterocycles. The normalized spacial score (nSPS) is 11.7. The van der Waals surface area contributed by atoms with E-state index in [4.69, 9.17) is 0 Å². The highest BCUT2D eigenvalue weighted by Gasteiger charge is 2.24. The summed E-state index contributed by atoms with van der Waals surface area (Å²) in [4.78, 5) is 15.8. The monoisotopic (exact) mass is 452 g/mol. The SMILES string of the molecule is CCCC(Nc1c(C(=O)N(Cc2ccccc2)Cc2ccccc2)cnn1C)c1ccccc1. The van der Waals surface area contributed by atoms with Crippen LogP contribution >= 0.6 is 0 Å². The number of nitrogens with zero attached hydrogens (tertiary/aromatic N) is 3. The molecule has 0 radical (unpaired) electrons. The summed E-state index contributed by atoms with van der Waals surface area (Å²) in [6.45, 7) is 3.23. The van der Waals surface area contributed by atoms with E-state index in [0.717, 1.165) is 29.8 Å². The quantitative estimate of drug-likeness (QED) is 0.311. The lowest BCUT2D eigenvalue weighted by Gasteiger charge is -2.25. The Balaban J connectivity index is 1.64. The van der Waals surface area contributed by atoms with E-state index < -0.39 is 0 Å². The fraction of sp³-hybridized carbons (Fsp3) is 0.241. The number of aryl methyl sites for hydroxylation is 1. The molecule has 0 aliphatic rings. The second-order valence-electron chi connectivity index (χ2n) is 8.56. The van der Waals surface area contributed by atoms with Crippen molar-refractivity contribution in [1.82, 2.24) is 14.7 Å². The lowest BCUT2D eigenvalue weighted by Crippen LogP contribution is -2.31. The summed E-state index contributed by atoms with van der Waals surface area (Å²) >= 11 is 0. The topological polar surface area (TPSA) is 50.2 Å². The zero-order chi connectivity index (χ0) is 23.8. The van der Waals surface area contributed by atoms with Crippen LogP contribution in [0, 0.1) is 0 Å². The maximum atomic E-state index is 13.9. The Morgan fingerprint density at radius 3 is 1.94 bits per heavy atom. The average Bonchev–Trinajstić information content (AvgIpc) is 3.24. The molecule has 1 aromatic heterocycles. The summed E-state index contributed by atoms with van der Waals surface area (Å²) in [5, 5.41) is 8.08. The van der Waals surface area contributed by atoms with Gasteiger partial charge >= 0.3 is 0 Å². The zero-order valence-corrected chi connectivity index (χ0v) is 19.9. The molecule has 0 fully saturated rings. The van der Waals surface area contributed by atoms with Gasteiger partial charge in [0.15, 0.2) is 0 Å². The Kier molecular flexibility index (Phi) is 7.76. The van der Waals surface area contributed by atoms with E-state index in [1.807, 2.05) is 54.4 Å². The summed E-state index contributed by atoms with van der Waals surface area (Å²) in [7, 11) is 1.88. The third-order valence-corrected chi connectivity index (χ3v) is 5.98. The van der Waals surface area contributed by atoms with Gasteiger partial charge in [-0.05, 0) is 23.1 Å². The van der Waals surface area contributed by atoms with Gasteiger partial charge in [-0.3, -0.25) is 9.48 Å². The second kappa shape index (κ2) is 11.3. The van der Waals surface area contributed by atoms with Crippen molar-refractivity contribution in [2.45, 2.75) is 38.9 Å². The minimum Gasteiger partial charge on any atom is -0.363 e. The van der Waals surface area contributed by atoms with Crippen molar-refractivity contribution in [3.05, 3.63) is 119 Å². The molecular weight excluding hydrogens is 420 g/mol. The van der Waals surface area contributed by atoms with E-state index in [2.05, 4.69) is 65.9 Å². The summed E-state index contributed by atoms with van der Waals surface area (Å²) in [6, 6.07) is 30.7. The van der Waals surface area contributed by atoms with Crippen molar-refractivity contribution >= 4 is 11.7 Å². The van der Waals surface area contributed by atoms with Crippen LogP contribution in [0.3, 0.4) is 0 Å². The van der Waals surface area contributed by atoms with Gasteiger partial charge in [-0.2, -0.15) is 5.10 Å². The molecule has 1 amide bonds. The number of amides is 1. The van der Waals surface area contributed by atoms with Crippen LogP contribution in [0.1, 0.15) is 52.9 Å². The first-order valence-electron chi connectivity index (χ1n) is 11.9. The number of carbonyl (C=O) groups excluding carboxylic acids is 1. The molecular formula is C29H32N4O. The third kappa shape index (κ3) is 5.73. The van der Waals surface area contributed by atoms with Crippen molar-refractivity contribution in [2.24, 2.45) is 7.05 Å². The number of anilines is 1. The second-order valence-corrected chi connectivity index (χ2v) is 8.56. The van der Waals surface area contributed by atoms with Crippen LogP contribution in [0.2, 0.25) is 0 Å². The standard InChI is InChI=1S/C29H32N4O/c1-3-13-27(25-18-11-6-12-19-25)31-28-26(20-30-32(28)2)29(34)33(21-23-14-7-4-8-15-23)22-24-16-9-5-10-17-24/h4-12,14-20,27,31H,3,13,21-22H2,1-2H3. The molecule has 4 aromatic rings. The molecule has 1 atom stereocenters. The number of rotatable bonds is 10. The Bertz CT molecular complexity index is 1130. The molecule has 0 spiro atoms. The highest BCUT2D eigenvalue weighted by Crippen LogP contribution is 2.27. The van der Waals surface area contributed by atoms with Gasteiger partial charge in [0.25, 0.3) is 5.91 Å². The zero-order valence-electron chi connectivity index (χ0n) is 19.9. The lowest BCUT2D eigenvalue weighted by atomic mass is 10.0. The number of aromatic nitrogens is 2. The van der Waals surface area contributed by atoms with Crippen molar-refractivity contribution in [3.63, 3.8) is 0 Å². The molecule has 0 saturated carbocycles. The van der Waals surface area contributed by atoms with E-state index in [9.17, 15) is 4.79 Å².